The average Bonchev–Trinajstić information content (AvgIpc) is 3.00. The van der Waals surface area contributed by atoms with Gasteiger partial charge in [-0.05, 0) is 30.3 Å². The van der Waals surface area contributed by atoms with Gasteiger partial charge in [0.2, 0.25) is 0 Å². The Morgan fingerprint density at radius 1 is 0.810 bits per heavy atom. The number of morpholine rings is 1. The first kappa shape index (κ1) is 12.5. The number of anilines is 1. The summed E-state index contributed by atoms with van der Waals surface area (Å²) in [5, 5.41) is 1.31. The highest BCUT2D eigenvalue weighted by molar-refractivity contribution is 5.94. The average molecular weight is 278 g/mol. The number of benzene rings is 2. The first-order valence-electron chi connectivity index (χ1n) is 7.42. The Morgan fingerprint density at radius 2 is 1.62 bits per heavy atom. The zero-order chi connectivity index (χ0) is 14.1. The Balaban J connectivity index is 1.83. The number of hydrogen-bond acceptors (Lipinski definition) is 2. The number of para-hydroxylation sites is 1. The number of rotatable bonds is 2. The predicted molar refractivity (Wildman–Crippen MR) is 86.3 cm³/mol. The van der Waals surface area contributed by atoms with Crippen LogP contribution in [0.5, 0.6) is 0 Å². The molecule has 0 saturated carbocycles. The number of aromatic nitrogens is 1. The van der Waals surface area contributed by atoms with Crippen LogP contribution in [-0.4, -0.2) is 30.9 Å². The van der Waals surface area contributed by atoms with Crippen LogP contribution < -0.4 is 4.90 Å². The van der Waals surface area contributed by atoms with Gasteiger partial charge in [0.25, 0.3) is 0 Å². The third-order valence-electron chi connectivity index (χ3n) is 4.10. The Kier molecular flexibility index (Phi) is 3.13. The fourth-order valence-corrected chi connectivity index (χ4v) is 3.05. The van der Waals surface area contributed by atoms with Crippen molar-refractivity contribution >= 4 is 16.6 Å². The summed E-state index contributed by atoms with van der Waals surface area (Å²) in [5.41, 5.74) is 3.77. The molecule has 1 fully saturated rings. The number of hydrogen-bond donors (Lipinski definition) is 0. The highest BCUT2D eigenvalue weighted by atomic mass is 16.5. The summed E-state index contributed by atoms with van der Waals surface area (Å²) >= 11 is 0. The Hall–Kier alpha value is -2.26. The molecule has 2 aromatic carbocycles. The van der Waals surface area contributed by atoms with Crippen LogP contribution in [0.3, 0.4) is 0 Å². The summed E-state index contributed by atoms with van der Waals surface area (Å²) in [6, 6.07) is 19.2. The van der Waals surface area contributed by atoms with Gasteiger partial charge >= 0.3 is 0 Å². The minimum absolute atomic E-state index is 0.815. The molecule has 0 aliphatic carbocycles. The molecule has 1 aliphatic rings. The van der Waals surface area contributed by atoms with Crippen LogP contribution in [0.15, 0.2) is 60.8 Å². The van der Waals surface area contributed by atoms with Crippen molar-refractivity contribution in [3.05, 3.63) is 60.8 Å². The van der Waals surface area contributed by atoms with E-state index in [1.807, 2.05) is 6.07 Å². The van der Waals surface area contributed by atoms with Gasteiger partial charge in [0.15, 0.2) is 0 Å². The molecule has 0 N–H and O–H groups in total. The summed E-state index contributed by atoms with van der Waals surface area (Å²) in [4.78, 5) is 2.42. The van der Waals surface area contributed by atoms with Crippen molar-refractivity contribution in [2.75, 3.05) is 31.2 Å². The van der Waals surface area contributed by atoms with Gasteiger partial charge in [-0.25, -0.2) is 0 Å². The topological polar surface area (TPSA) is 17.4 Å². The standard InChI is InChI=1S/C18H18N2O/c1-2-5-15(6-3-1)20-10-9-16-17(7-4-8-18(16)20)19-11-13-21-14-12-19/h1-10H,11-14H2. The molecule has 3 heteroatoms. The van der Waals surface area contributed by atoms with Gasteiger partial charge in [0.1, 0.15) is 0 Å². The first-order chi connectivity index (χ1) is 10.4. The minimum Gasteiger partial charge on any atom is -0.378 e. The monoisotopic (exact) mass is 278 g/mol. The second-order valence-corrected chi connectivity index (χ2v) is 5.33. The van der Waals surface area contributed by atoms with E-state index in [-0.39, 0.29) is 0 Å². The quantitative estimate of drug-likeness (QED) is 0.714. The number of ether oxygens (including phenoxy) is 1. The van der Waals surface area contributed by atoms with Crippen molar-refractivity contribution in [1.82, 2.24) is 4.57 Å². The normalized spacial score (nSPS) is 15.5. The van der Waals surface area contributed by atoms with E-state index in [0.717, 1.165) is 26.3 Å². The minimum atomic E-state index is 0.815. The van der Waals surface area contributed by atoms with Crippen LogP contribution >= 0.6 is 0 Å². The molecule has 0 radical (unpaired) electrons. The van der Waals surface area contributed by atoms with E-state index in [4.69, 9.17) is 4.74 Å². The fraction of sp³-hybridized carbons (Fsp3) is 0.222. The largest absolute Gasteiger partial charge is 0.378 e. The SMILES string of the molecule is c1ccc(-n2ccc3c(N4CCOCC4)cccc32)cc1. The molecule has 1 aliphatic heterocycles. The third kappa shape index (κ3) is 2.20. The molecule has 3 aromatic rings. The lowest BCUT2D eigenvalue weighted by Crippen LogP contribution is -2.36. The molecule has 2 heterocycles. The Labute approximate surface area is 124 Å². The first-order valence-corrected chi connectivity index (χ1v) is 7.42. The molecule has 0 bridgehead atoms. The molecule has 0 unspecified atom stereocenters. The lowest BCUT2D eigenvalue weighted by molar-refractivity contribution is 0.123. The van der Waals surface area contributed by atoms with Gasteiger partial charge in [-0.1, -0.05) is 24.3 Å². The second-order valence-electron chi connectivity index (χ2n) is 5.33. The maximum atomic E-state index is 5.46. The van der Waals surface area contributed by atoms with E-state index in [0.29, 0.717) is 0 Å². The van der Waals surface area contributed by atoms with Crippen LogP contribution in [0.1, 0.15) is 0 Å². The van der Waals surface area contributed by atoms with Gasteiger partial charge in [-0.15, -0.1) is 0 Å². The van der Waals surface area contributed by atoms with Crippen LogP contribution in [0.25, 0.3) is 16.6 Å². The van der Waals surface area contributed by atoms with Crippen molar-refractivity contribution in [3.8, 4) is 5.69 Å². The van der Waals surface area contributed by atoms with Crippen molar-refractivity contribution in [1.29, 1.82) is 0 Å². The molecule has 0 spiro atoms. The van der Waals surface area contributed by atoms with E-state index < -0.39 is 0 Å². The van der Waals surface area contributed by atoms with Gasteiger partial charge in [-0.2, -0.15) is 0 Å². The van der Waals surface area contributed by atoms with Crippen molar-refractivity contribution in [3.63, 3.8) is 0 Å². The number of fused-ring (bicyclic) bond motifs is 1. The predicted octanol–water partition coefficient (Wildman–Crippen LogP) is 3.47. The van der Waals surface area contributed by atoms with Crippen LogP contribution in [0.2, 0.25) is 0 Å². The summed E-state index contributed by atoms with van der Waals surface area (Å²) in [6.07, 6.45) is 2.16. The highest BCUT2D eigenvalue weighted by Gasteiger charge is 2.15. The fourth-order valence-electron chi connectivity index (χ4n) is 3.05. The van der Waals surface area contributed by atoms with E-state index in [2.05, 4.69) is 64.2 Å². The molecule has 4 rings (SSSR count). The Morgan fingerprint density at radius 3 is 2.43 bits per heavy atom. The lowest BCUT2D eigenvalue weighted by Gasteiger charge is -2.29. The van der Waals surface area contributed by atoms with E-state index in [1.54, 1.807) is 0 Å². The van der Waals surface area contributed by atoms with E-state index >= 15 is 0 Å². The second kappa shape index (κ2) is 5.26. The summed E-state index contributed by atoms with van der Waals surface area (Å²) in [5.74, 6) is 0. The molecular weight excluding hydrogens is 260 g/mol. The van der Waals surface area contributed by atoms with Gasteiger partial charge in [0, 0.05) is 36.0 Å². The summed E-state index contributed by atoms with van der Waals surface area (Å²) < 4.78 is 7.71. The molecule has 106 valence electrons. The Bertz CT molecular complexity index is 742. The highest BCUT2D eigenvalue weighted by Crippen LogP contribution is 2.30. The number of nitrogens with zero attached hydrogens (tertiary/aromatic N) is 2. The van der Waals surface area contributed by atoms with Crippen LogP contribution in [0.4, 0.5) is 5.69 Å². The molecular formula is C18H18N2O. The van der Waals surface area contributed by atoms with E-state index in [1.165, 1.54) is 22.3 Å². The maximum Gasteiger partial charge on any atom is 0.0642 e. The molecule has 1 aromatic heterocycles. The summed E-state index contributed by atoms with van der Waals surface area (Å²) in [7, 11) is 0. The molecule has 21 heavy (non-hydrogen) atoms. The maximum absolute atomic E-state index is 5.46. The van der Waals surface area contributed by atoms with Gasteiger partial charge < -0.3 is 14.2 Å². The van der Waals surface area contributed by atoms with Crippen molar-refractivity contribution < 1.29 is 4.74 Å². The third-order valence-corrected chi connectivity index (χ3v) is 4.10. The zero-order valence-corrected chi connectivity index (χ0v) is 11.9. The smallest absolute Gasteiger partial charge is 0.0642 e. The lowest BCUT2D eigenvalue weighted by atomic mass is 10.2. The summed E-state index contributed by atoms with van der Waals surface area (Å²) in [6.45, 7) is 3.57. The van der Waals surface area contributed by atoms with Crippen molar-refractivity contribution in [2.24, 2.45) is 0 Å². The van der Waals surface area contributed by atoms with Crippen LogP contribution in [-0.2, 0) is 4.74 Å². The van der Waals surface area contributed by atoms with Crippen molar-refractivity contribution in [2.45, 2.75) is 0 Å². The van der Waals surface area contributed by atoms with E-state index in [9.17, 15) is 0 Å². The van der Waals surface area contributed by atoms with Crippen LogP contribution in [0, 0.1) is 0 Å². The van der Waals surface area contributed by atoms with Gasteiger partial charge in [-0.3, -0.25) is 0 Å². The molecule has 3 nitrogen and oxygen atoms in total. The molecule has 0 atom stereocenters. The molecule has 0 amide bonds. The zero-order valence-electron chi connectivity index (χ0n) is 11.9. The molecule has 1 saturated heterocycles. The van der Waals surface area contributed by atoms with Gasteiger partial charge in [0.05, 0.1) is 18.7 Å².